The van der Waals surface area contributed by atoms with Gasteiger partial charge in [0, 0.05) is 25.5 Å². The Kier molecular flexibility index (Phi) is 5.52. The summed E-state index contributed by atoms with van der Waals surface area (Å²) < 4.78 is 4.71. The number of hydrogen-bond donors (Lipinski definition) is 2. The topological polar surface area (TPSA) is 84.7 Å². The number of amides is 1. The number of nitrogens with one attached hydrogen (secondary N) is 1. The number of esters is 1. The fourth-order valence-electron chi connectivity index (χ4n) is 1.73. The van der Waals surface area contributed by atoms with Crippen molar-refractivity contribution >= 4 is 23.3 Å². The Morgan fingerprint density at radius 1 is 1.40 bits per heavy atom. The molecule has 0 spiro atoms. The van der Waals surface area contributed by atoms with Gasteiger partial charge in [0.1, 0.15) is 0 Å². The summed E-state index contributed by atoms with van der Waals surface area (Å²) in [6, 6.07) is 4.16. The number of nitrogens with two attached hydrogens (primary N) is 1. The van der Waals surface area contributed by atoms with E-state index < -0.39 is 17.9 Å². The first-order chi connectivity index (χ1) is 9.36. The van der Waals surface area contributed by atoms with Crippen LogP contribution in [0, 0.1) is 6.92 Å². The van der Waals surface area contributed by atoms with E-state index in [9.17, 15) is 9.59 Å². The molecule has 3 N–H and O–H groups in total. The van der Waals surface area contributed by atoms with Gasteiger partial charge < -0.3 is 20.7 Å². The molecule has 1 unspecified atom stereocenters. The Balaban J connectivity index is 2.81. The molecular formula is C14H21N3O3. The van der Waals surface area contributed by atoms with E-state index >= 15 is 0 Å². The van der Waals surface area contributed by atoms with E-state index in [1.807, 2.05) is 38.1 Å². The van der Waals surface area contributed by atoms with Gasteiger partial charge >= 0.3 is 5.97 Å². The lowest BCUT2D eigenvalue weighted by molar-refractivity contribution is -0.146. The maximum Gasteiger partial charge on any atom is 0.332 e. The van der Waals surface area contributed by atoms with Gasteiger partial charge in [-0.1, -0.05) is 6.07 Å². The molecule has 0 heterocycles. The number of anilines is 2. The number of benzene rings is 1. The lowest BCUT2D eigenvalue weighted by Crippen LogP contribution is -2.43. The van der Waals surface area contributed by atoms with E-state index in [-0.39, 0.29) is 6.61 Å². The Labute approximate surface area is 118 Å². The molecule has 0 saturated carbocycles. The van der Waals surface area contributed by atoms with Crippen molar-refractivity contribution < 1.29 is 14.3 Å². The molecule has 1 aromatic rings. The highest BCUT2D eigenvalue weighted by atomic mass is 16.5. The van der Waals surface area contributed by atoms with E-state index in [0.717, 1.165) is 11.3 Å². The highest BCUT2D eigenvalue weighted by Gasteiger charge is 2.23. The van der Waals surface area contributed by atoms with Gasteiger partial charge in [0.15, 0.2) is 6.04 Å². The van der Waals surface area contributed by atoms with Gasteiger partial charge in [-0.05, 0) is 31.5 Å². The molecule has 0 radical (unpaired) electrons. The van der Waals surface area contributed by atoms with Crippen LogP contribution in [0.5, 0.6) is 0 Å². The molecule has 0 bridgehead atoms. The maximum atomic E-state index is 11.8. The van der Waals surface area contributed by atoms with Crippen LogP contribution < -0.4 is 16.0 Å². The minimum absolute atomic E-state index is 0.190. The number of ether oxygens (including phenoxy) is 1. The van der Waals surface area contributed by atoms with Crippen LogP contribution in [-0.2, 0) is 14.3 Å². The average Bonchev–Trinajstić information content (AvgIpc) is 2.39. The zero-order chi connectivity index (χ0) is 15.3. The summed E-state index contributed by atoms with van der Waals surface area (Å²) in [5.41, 5.74) is 8.18. The fourth-order valence-corrected chi connectivity index (χ4v) is 1.73. The molecule has 0 aliphatic carbocycles. The van der Waals surface area contributed by atoms with Gasteiger partial charge in [0.25, 0.3) is 5.91 Å². The first-order valence-electron chi connectivity index (χ1n) is 6.37. The highest BCUT2D eigenvalue weighted by molar-refractivity contribution is 6.08. The van der Waals surface area contributed by atoms with Crippen LogP contribution in [-0.4, -0.2) is 38.6 Å². The molecule has 6 nitrogen and oxygen atoms in total. The van der Waals surface area contributed by atoms with Crippen molar-refractivity contribution in [2.75, 3.05) is 30.9 Å². The first kappa shape index (κ1) is 16.0. The van der Waals surface area contributed by atoms with E-state index in [0.29, 0.717) is 5.69 Å². The molecule has 0 saturated heterocycles. The van der Waals surface area contributed by atoms with Crippen molar-refractivity contribution in [3.05, 3.63) is 23.8 Å². The summed E-state index contributed by atoms with van der Waals surface area (Å²) in [6.07, 6.45) is 0. The van der Waals surface area contributed by atoms with Crippen LogP contribution in [0.15, 0.2) is 18.2 Å². The molecule has 6 heteroatoms. The average molecular weight is 279 g/mol. The Bertz CT molecular complexity index is 500. The van der Waals surface area contributed by atoms with Crippen LogP contribution in [0.3, 0.4) is 0 Å². The second-order valence-electron chi connectivity index (χ2n) is 4.61. The largest absolute Gasteiger partial charge is 0.464 e. The summed E-state index contributed by atoms with van der Waals surface area (Å²) in [7, 11) is 3.83. The van der Waals surface area contributed by atoms with Crippen molar-refractivity contribution in [2.45, 2.75) is 19.9 Å². The van der Waals surface area contributed by atoms with Crippen LogP contribution in [0.25, 0.3) is 0 Å². The lowest BCUT2D eigenvalue weighted by atomic mass is 10.1. The van der Waals surface area contributed by atoms with Crippen LogP contribution in [0.4, 0.5) is 11.4 Å². The standard InChI is InChI=1S/C14H21N3O3/c1-5-20-14(19)12(15)13(18)16-10-7-6-9(2)11(8-10)17(3)4/h6-8,12H,5,15H2,1-4H3,(H,16,18). The number of carbonyl (C=O) groups is 2. The van der Waals surface area contributed by atoms with E-state index in [2.05, 4.69) is 5.32 Å². The molecule has 1 aromatic carbocycles. The number of aryl methyl sites for hydroxylation is 1. The van der Waals surface area contributed by atoms with Crippen LogP contribution >= 0.6 is 0 Å². The van der Waals surface area contributed by atoms with Gasteiger partial charge in [0.2, 0.25) is 0 Å². The fraction of sp³-hybridized carbons (Fsp3) is 0.429. The zero-order valence-corrected chi connectivity index (χ0v) is 12.3. The van der Waals surface area contributed by atoms with Crippen molar-refractivity contribution in [3.8, 4) is 0 Å². The van der Waals surface area contributed by atoms with Crippen molar-refractivity contribution in [1.82, 2.24) is 0 Å². The molecule has 0 fully saturated rings. The molecule has 0 aliphatic rings. The second kappa shape index (κ2) is 6.91. The number of rotatable bonds is 5. The number of carbonyl (C=O) groups excluding carboxylic acids is 2. The Morgan fingerprint density at radius 3 is 2.60 bits per heavy atom. The Hall–Kier alpha value is -2.08. The molecule has 1 rings (SSSR count). The quantitative estimate of drug-likeness (QED) is 0.617. The van der Waals surface area contributed by atoms with Gasteiger partial charge in [-0.25, -0.2) is 4.79 Å². The summed E-state index contributed by atoms with van der Waals surface area (Å²) in [4.78, 5) is 25.2. The van der Waals surface area contributed by atoms with Crippen LogP contribution in [0.2, 0.25) is 0 Å². The third-order valence-electron chi connectivity index (χ3n) is 2.78. The molecule has 0 aliphatic heterocycles. The van der Waals surface area contributed by atoms with Gasteiger partial charge in [0.05, 0.1) is 6.61 Å². The zero-order valence-electron chi connectivity index (χ0n) is 12.3. The molecule has 1 atom stereocenters. The molecule has 110 valence electrons. The monoisotopic (exact) mass is 279 g/mol. The van der Waals surface area contributed by atoms with Gasteiger partial charge in [-0.2, -0.15) is 0 Å². The van der Waals surface area contributed by atoms with E-state index in [1.54, 1.807) is 13.0 Å². The molecule has 20 heavy (non-hydrogen) atoms. The predicted octanol–water partition coefficient (Wildman–Crippen LogP) is 0.890. The molecule has 1 amide bonds. The second-order valence-corrected chi connectivity index (χ2v) is 4.61. The lowest BCUT2D eigenvalue weighted by Gasteiger charge is -2.18. The summed E-state index contributed by atoms with van der Waals surface area (Å²) in [5, 5.41) is 2.61. The van der Waals surface area contributed by atoms with Crippen molar-refractivity contribution in [1.29, 1.82) is 0 Å². The minimum Gasteiger partial charge on any atom is -0.464 e. The van der Waals surface area contributed by atoms with Gasteiger partial charge in [-0.3, -0.25) is 4.79 Å². The summed E-state index contributed by atoms with van der Waals surface area (Å²) >= 11 is 0. The molecular weight excluding hydrogens is 258 g/mol. The van der Waals surface area contributed by atoms with E-state index in [1.165, 1.54) is 0 Å². The number of hydrogen-bond acceptors (Lipinski definition) is 5. The predicted molar refractivity (Wildman–Crippen MR) is 78.7 cm³/mol. The minimum atomic E-state index is -1.32. The summed E-state index contributed by atoms with van der Waals surface area (Å²) in [5.74, 6) is -1.32. The maximum absolute atomic E-state index is 11.8. The van der Waals surface area contributed by atoms with E-state index in [4.69, 9.17) is 10.5 Å². The Morgan fingerprint density at radius 2 is 2.05 bits per heavy atom. The van der Waals surface area contributed by atoms with Gasteiger partial charge in [-0.15, -0.1) is 0 Å². The smallest absolute Gasteiger partial charge is 0.332 e. The normalized spacial score (nSPS) is 11.7. The van der Waals surface area contributed by atoms with Crippen molar-refractivity contribution in [3.63, 3.8) is 0 Å². The first-order valence-corrected chi connectivity index (χ1v) is 6.37. The molecule has 0 aromatic heterocycles. The van der Waals surface area contributed by atoms with Crippen LogP contribution in [0.1, 0.15) is 12.5 Å². The number of nitrogens with zero attached hydrogens (tertiary/aromatic N) is 1. The third kappa shape index (κ3) is 3.96. The summed E-state index contributed by atoms with van der Waals surface area (Å²) in [6.45, 7) is 3.83. The SMILES string of the molecule is CCOC(=O)C(N)C(=O)Nc1ccc(C)c(N(C)C)c1. The third-order valence-corrected chi connectivity index (χ3v) is 2.78. The highest BCUT2D eigenvalue weighted by Crippen LogP contribution is 2.22. The van der Waals surface area contributed by atoms with Crippen molar-refractivity contribution in [2.24, 2.45) is 5.73 Å².